The van der Waals surface area contributed by atoms with Gasteiger partial charge in [0.05, 0.1) is 10.7 Å². The first kappa shape index (κ1) is 22.7. The molecular formula is C28H36ClN3O. The van der Waals surface area contributed by atoms with E-state index in [4.69, 9.17) is 11.6 Å². The monoisotopic (exact) mass is 465 g/mol. The lowest BCUT2D eigenvalue weighted by Crippen LogP contribution is -2.24. The summed E-state index contributed by atoms with van der Waals surface area (Å²) in [6.07, 6.45) is 10.8. The van der Waals surface area contributed by atoms with Crippen LogP contribution in [0.4, 0.5) is 11.4 Å². The van der Waals surface area contributed by atoms with Gasteiger partial charge in [0, 0.05) is 24.7 Å². The molecule has 1 heterocycles. The number of halogens is 1. The van der Waals surface area contributed by atoms with E-state index in [1.807, 2.05) is 12.1 Å². The van der Waals surface area contributed by atoms with Gasteiger partial charge in [-0.1, -0.05) is 55.5 Å². The van der Waals surface area contributed by atoms with E-state index in [0.29, 0.717) is 12.5 Å². The number of amides is 1. The van der Waals surface area contributed by atoms with Gasteiger partial charge < -0.3 is 16.0 Å². The van der Waals surface area contributed by atoms with Crippen LogP contribution in [0.25, 0.3) is 0 Å². The van der Waals surface area contributed by atoms with Crippen LogP contribution in [-0.4, -0.2) is 19.0 Å². The average molecular weight is 466 g/mol. The maximum atomic E-state index is 12.4. The van der Waals surface area contributed by atoms with Crippen molar-refractivity contribution in [3.8, 4) is 0 Å². The van der Waals surface area contributed by atoms with Gasteiger partial charge in [-0.2, -0.15) is 0 Å². The Morgan fingerprint density at radius 1 is 0.970 bits per heavy atom. The molecule has 3 N–H and O–H groups in total. The van der Waals surface area contributed by atoms with Crippen molar-refractivity contribution in [2.45, 2.75) is 70.3 Å². The van der Waals surface area contributed by atoms with Crippen LogP contribution in [0, 0.1) is 11.8 Å². The van der Waals surface area contributed by atoms with E-state index in [0.717, 1.165) is 54.7 Å². The van der Waals surface area contributed by atoms with E-state index in [-0.39, 0.29) is 11.8 Å². The van der Waals surface area contributed by atoms with Crippen LogP contribution in [-0.2, 0) is 17.8 Å². The van der Waals surface area contributed by atoms with Crippen molar-refractivity contribution >= 4 is 28.9 Å². The molecule has 0 spiro atoms. The lowest BCUT2D eigenvalue weighted by atomic mass is 9.82. The number of nitrogens with one attached hydrogen (secondary N) is 3. The Kier molecular flexibility index (Phi) is 7.22. The third kappa shape index (κ3) is 5.22. The van der Waals surface area contributed by atoms with Crippen LogP contribution in [0.3, 0.4) is 0 Å². The normalized spacial score (nSPS) is 21.5. The minimum Gasteiger partial charge on any atom is -0.380 e. The predicted molar refractivity (Wildman–Crippen MR) is 137 cm³/mol. The summed E-state index contributed by atoms with van der Waals surface area (Å²) in [4.78, 5) is 12.4. The predicted octanol–water partition coefficient (Wildman–Crippen LogP) is 6.50. The van der Waals surface area contributed by atoms with Gasteiger partial charge in [-0.15, -0.1) is 0 Å². The largest absolute Gasteiger partial charge is 0.380 e. The van der Waals surface area contributed by atoms with Crippen molar-refractivity contribution in [3.05, 3.63) is 58.1 Å². The molecule has 176 valence electrons. The highest BCUT2D eigenvalue weighted by Crippen LogP contribution is 2.42. The zero-order valence-corrected chi connectivity index (χ0v) is 20.2. The van der Waals surface area contributed by atoms with Gasteiger partial charge in [-0.05, 0) is 85.4 Å². The van der Waals surface area contributed by atoms with E-state index in [2.05, 4.69) is 40.2 Å². The molecule has 1 atom stereocenters. The molecule has 33 heavy (non-hydrogen) atoms. The molecule has 2 aliphatic carbocycles. The number of benzene rings is 2. The van der Waals surface area contributed by atoms with Crippen molar-refractivity contribution in [3.63, 3.8) is 0 Å². The third-order valence-electron chi connectivity index (χ3n) is 8.00. The molecule has 2 saturated carbocycles. The highest BCUT2D eigenvalue weighted by Gasteiger charge is 2.30. The van der Waals surface area contributed by atoms with Gasteiger partial charge in [0.25, 0.3) is 0 Å². The molecule has 1 unspecified atom stereocenters. The van der Waals surface area contributed by atoms with E-state index in [9.17, 15) is 4.79 Å². The summed E-state index contributed by atoms with van der Waals surface area (Å²) in [6, 6.07) is 12.6. The topological polar surface area (TPSA) is 53.2 Å². The second-order valence-corrected chi connectivity index (χ2v) is 10.5. The van der Waals surface area contributed by atoms with Crippen LogP contribution < -0.4 is 16.0 Å². The number of anilines is 2. The number of rotatable bonds is 6. The molecule has 0 radical (unpaired) electrons. The zero-order valence-electron chi connectivity index (χ0n) is 19.5. The summed E-state index contributed by atoms with van der Waals surface area (Å²) in [5, 5.41) is 11.2. The maximum Gasteiger partial charge on any atom is 0.227 e. The molecule has 2 aromatic carbocycles. The van der Waals surface area contributed by atoms with Crippen molar-refractivity contribution in [1.29, 1.82) is 0 Å². The molecule has 0 bridgehead atoms. The summed E-state index contributed by atoms with van der Waals surface area (Å²) in [7, 11) is 0. The molecule has 0 aromatic heterocycles. The van der Waals surface area contributed by atoms with Crippen LogP contribution >= 0.6 is 11.6 Å². The van der Waals surface area contributed by atoms with E-state index < -0.39 is 0 Å². The lowest BCUT2D eigenvalue weighted by Gasteiger charge is -2.26. The lowest BCUT2D eigenvalue weighted by molar-refractivity contribution is -0.119. The second kappa shape index (κ2) is 10.5. The molecule has 0 saturated heterocycles. The van der Waals surface area contributed by atoms with Crippen molar-refractivity contribution in [2.24, 2.45) is 11.8 Å². The first-order chi connectivity index (χ1) is 16.2. The Labute approximate surface area is 202 Å². The third-order valence-corrected chi connectivity index (χ3v) is 8.31. The fraction of sp³-hybridized carbons (Fsp3) is 0.536. The second-order valence-electron chi connectivity index (χ2n) is 10.1. The summed E-state index contributed by atoms with van der Waals surface area (Å²) in [5.41, 5.74) is 6.04. The fourth-order valence-corrected chi connectivity index (χ4v) is 6.38. The average Bonchev–Trinajstić information content (AvgIpc) is 3.52. The molecule has 2 fully saturated rings. The summed E-state index contributed by atoms with van der Waals surface area (Å²) in [6.45, 7) is 2.79. The number of carbonyl (C=O) groups is 1. The smallest absolute Gasteiger partial charge is 0.227 e. The Bertz CT molecular complexity index is 962. The van der Waals surface area contributed by atoms with Crippen molar-refractivity contribution in [2.75, 3.05) is 23.7 Å². The highest BCUT2D eigenvalue weighted by atomic mass is 35.5. The molecule has 1 amide bonds. The molecule has 1 aliphatic heterocycles. The van der Waals surface area contributed by atoms with Gasteiger partial charge in [0.1, 0.15) is 0 Å². The zero-order chi connectivity index (χ0) is 22.6. The number of fused-ring (bicyclic) bond motifs is 1. The molecule has 2 aromatic rings. The highest BCUT2D eigenvalue weighted by molar-refractivity contribution is 6.33. The summed E-state index contributed by atoms with van der Waals surface area (Å²) < 4.78 is 0. The van der Waals surface area contributed by atoms with E-state index in [1.165, 1.54) is 55.2 Å². The fourth-order valence-electron chi connectivity index (χ4n) is 6.13. The Morgan fingerprint density at radius 2 is 1.70 bits per heavy atom. The van der Waals surface area contributed by atoms with Crippen LogP contribution in [0.15, 0.2) is 36.4 Å². The van der Waals surface area contributed by atoms with Gasteiger partial charge in [0.2, 0.25) is 5.91 Å². The van der Waals surface area contributed by atoms with E-state index >= 15 is 0 Å². The number of hydrogen-bond donors (Lipinski definition) is 3. The van der Waals surface area contributed by atoms with Crippen molar-refractivity contribution < 1.29 is 4.79 Å². The molecule has 4 nitrogen and oxygen atoms in total. The van der Waals surface area contributed by atoms with Crippen LogP contribution in [0.1, 0.15) is 74.0 Å². The Balaban J connectivity index is 1.27. The van der Waals surface area contributed by atoms with Gasteiger partial charge >= 0.3 is 0 Å². The summed E-state index contributed by atoms with van der Waals surface area (Å²) in [5.74, 6) is 1.73. The SMILES string of the molecule is O=C(Nc1ccc(CNc2c(Cl)ccc3c2CCNCC3C2CCCC2)cc1)C1CCCC1. The quantitative estimate of drug-likeness (QED) is 0.456. The minimum absolute atomic E-state index is 0.169. The summed E-state index contributed by atoms with van der Waals surface area (Å²) >= 11 is 6.70. The van der Waals surface area contributed by atoms with Gasteiger partial charge in [0.15, 0.2) is 0 Å². The Morgan fingerprint density at radius 3 is 2.45 bits per heavy atom. The standard InChI is InChI=1S/C28H36ClN3O/c29-26-14-13-23-24(15-16-30-18-25(23)20-5-1-2-6-20)27(26)31-17-19-9-11-22(12-10-19)32-28(33)21-7-3-4-8-21/h9-14,20-21,25,30-31H,1-8,15-18H2,(H,32,33). The molecule has 5 rings (SSSR count). The van der Waals surface area contributed by atoms with E-state index in [1.54, 1.807) is 0 Å². The van der Waals surface area contributed by atoms with Crippen molar-refractivity contribution in [1.82, 2.24) is 5.32 Å². The minimum atomic E-state index is 0.169. The van der Waals surface area contributed by atoms with Crippen LogP contribution in [0.5, 0.6) is 0 Å². The molecular weight excluding hydrogens is 430 g/mol. The van der Waals surface area contributed by atoms with Gasteiger partial charge in [-0.25, -0.2) is 0 Å². The molecule has 5 heteroatoms. The van der Waals surface area contributed by atoms with Gasteiger partial charge in [-0.3, -0.25) is 4.79 Å². The first-order valence-corrected chi connectivity index (χ1v) is 13.2. The van der Waals surface area contributed by atoms with Crippen LogP contribution in [0.2, 0.25) is 5.02 Å². The maximum absolute atomic E-state index is 12.4. The first-order valence-electron chi connectivity index (χ1n) is 12.8. The Hall–Kier alpha value is -2.04. The molecule has 3 aliphatic rings. The number of hydrogen-bond acceptors (Lipinski definition) is 3. The number of carbonyl (C=O) groups excluding carboxylic acids is 1.